The molecule has 28 heavy (non-hydrogen) atoms. The smallest absolute Gasteiger partial charge is 0.262 e. The van der Waals surface area contributed by atoms with Crippen LogP contribution in [-0.2, 0) is 4.79 Å². The molecule has 3 aromatic rings. The number of anilines is 1. The molecule has 142 valence electrons. The minimum Gasteiger partial charge on any atom is -0.495 e. The molecule has 1 N–H and O–H groups in total. The molecule has 0 bridgehead atoms. The minimum absolute atomic E-state index is 0.124. The number of halogens is 1. The van der Waals surface area contributed by atoms with Gasteiger partial charge in [0, 0.05) is 6.21 Å². The lowest BCUT2D eigenvalue weighted by Crippen LogP contribution is -2.20. The normalized spacial score (nSPS) is 10.6. The maximum Gasteiger partial charge on any atom is 0.262 e. The first-order chi connectivity index (χ1) is 13.6. The van der Waals surface area contributed by atoms with E-state index < -0.39 is 0 Å². The summed E-state index contributed by atoms with van der Waals surface area (Å²) in [6.07, 6.45) is 1.67. The van der Waals surface area contributed by atoms with Crippen LogP contribution in [0.2, 0.25) is 0 Å². The maximum absolute atomic E-state index is 12.9. The van der Waals surface area contributed by atoms with Crippen molar-refractivity contribution in [2.24, 2.45) is 4.99 Å². The highest BCUT2D eigenvalue weighted by atomic mass is 19.1. The monoisotopic (exact) mass is 378 g/mol. The van der Waals surface area contributed by atoms with E-state index in [0.29, 0.717) is 22.9 Å². The molecule has 0 aliphatic carbocycles. The Labute approximate surface area is 162 Å². The highest BCUT2D eigenvalue weighted by molar-refractivity contribution is 5.93. The molecule has 6 heteroatoms. The van der Waals surface area contributed by atoms with Gasteiger partial charge in [-0.1, -0.05) is 12.1 Å². The molecule has 0 radical (unpaired) electrons. The van der Waals surface area contributed by atoms with Gasteiger partial charge >= 0.3 is 0 Å². The van der Waals surface area contributed by atoms with Gasteiger partial charge in [-0.05, 0) is 66.2 Å². The predicted octanol–water partition coefficient (Wildman–Crippen LogP) is 4.60. The first kappa shape index (κ1) is 19.1. The summed E-state index contributed by atoms with van der Waals surface area (Å²) < 4.78 is 23.6. The van der Waals surface area contributed by atoms with Crippen molar-refractivity contribution in [1.29, 1.82) is 0 Å². The molecule has 0 fully saturated rings. The molecule has 0 unspecified atom stereocenters. The van der Waals surface area contributed by atoms with Crippen molar-refractivity contribution in [3.63, 3.8) is 0 Å². The third-order valence-electron chi connectivity index (χ3n) is 3.82. The van der Waals surface area contributed by atoms with Crippen molar-refractivity contribution in [3.8, 4) is 11.5 Å². The Hall–Kier alpha value is -3.67. The van der Waals surface area contributed by atoms with Gasteiger partial charge < -0.3 is 14.8 Å². The van der Waals surface area contributed by atoms with Gasteiger partial charge in [0.05, 0.1) is 18.5 Å². The van der Waals surface area contributed by atoms with Crippen molar-refractivity contribution >= 4 is 23.5 Å². The standard InChI is InChI=1S/C22H19FN2O3/c1-27-21-5-3-2-4-20(21)25-22(26)15-28-19-12-6-16(7-13-19)14-24-18-10-8-17(23)9-11-18/h2-14H,15H2,1H3,(H,25,26). The molecular formula is C22H19FN2O3. The van der Waals surface area contributed by atoms with Gasteiger partial charge in [-0.15, -0.1) is 0 Å². The molecule has 0 saturated heterocycles. The lowest BCUT2D eigenvalue weighted by atomic mass is 10.2. The van der Waals surface area contributed by atoms with Crippen molar-refractivity contribution in [1.82, 2.24) is 0 Å². The average molecular weight is 378 g/mol. The first-order valence-corrected chi connectivity index (χ1v) is 8.59. The number of hydrogen-bond donors (Lipinski definition) is 1. The molecule has 0 spiro atoms. The zero-order valence-electron chi connectivity index (χ0n) is 15.3. The van der Waals surface area contributed by atoms with Crippen LogP contribution in [0.25, 0.3) is 0 Å². The molecule has 5 nitrogen and oxygen atoms in total. The summed E-state index contributed by atoms with van der Waals surface area (Å²) in [7, 11) is 1.54. The summed E-state index contributed by atoms with van der Waals surface area (Å²) in [5, 5.41) is 2.75. The number of carbonyl (C=O) groups excluding carboxylic acids is 1. The Morgan fingerprint density at radius 1 is 1.04 bits per heavy atom. The number of nitrogens with zero attached hydrogens (tertiary/aromatic N) is 1. The van der Waals surface area contributed by atoms with Crippen LogP contribution in [0.1, 0.15) is 5.56 Å². The Bertz CT molecular complexity index is 954. The van der Waals surface area contributed by atoms with E-state index in [1.54, 1.807) is 49.7 Å². The first-order valence-electron chi connectivity index (χ1n) is 8.59. The SMILES string of the molecule is COc1ccccc1NC(=O)COc1ccc(C=Nc2ccc(F)cc2)cc1. The van der Waals surface area contributed by atoms with Crippen LogP contribution in [0.3, 0.4) is 0 Å². The fourth-order valence-electron chi connectivity index (χ4n) is 2.41. The average Bonchev–Trinajstić information content (AvgIpc) is 2.73. The van der Waals surface area contributed by atoms with Crippen molar-refractivity contribution < 1.29 is 18.7 Å². The number of methoxy groups -OCH3 is 1. The number of para-hydroxylation sites is 2. The molecule has 1 amide bonds. The van der Waals surface area contributed by atoms with Crippen LogP contribution in [0.5, 0.6) is 11.5 Å². The Morgan fingerprint density at radius 3 is 2.46 bits per heavy atom. The second kappa shape index (κ2) is 9.32. The Morgan fingerprint density at radius 2 is 1.75 bits per heavy atom. The summed E-state index contributed by atoms with van der Waals surface area (Å²) in [5.41, 5.74) is 2.11. The molecule has 0 aliphatic rings. The number of ether oxygens (including phenoxy) is 2. The molecule has 0 saturated carbocycles. The summed E-state index contributed by atoms with van der Waals surface area (Å²) >= 11 is 0. The predicted molar refractivity (Wildman–Crippen MR) is 107 cm³/mol. The zero-order valence-corrected chi connectivity index (χ0v) is 15.3. The van der Waals surface area contributed by atoms with E-state index in [9.17, 15) is 9.18 Å². The topological polar surface area (TPSA) is 59.9 Å². The third-order valence-corrected chi connectivity index (χ3v) is 3.82. The second-order valence-electron chi connectivity index (χ2n) is 5.84. The van der Waals surface area contributed by atoms with Crippen LogP contribution < -0.4 is 14.8 Å². The maximum atomic E-state index is 12.9. The van der Waals surface area contributed by atoms with Crippen LogP contribution in [-0.4, -0.2) is 25.8 Å². The second-order valence-corrected chi connectivity index (χ2v) is 5.84. The van der Waals surface area contributed by atoms with E-state index in [1.165, 1.54) is 12.1 Å². The number of carbonyl (C=O) groups is 1. The molecule has 0 atom stereocenters. The minimum atomic E-state index is -0.296. The van der Waals surface area contributed by atoms with Gasteiger partial charge in [-0.3, -0.25) is 9.79 Å². The van der Waals surface area contributed by atoms with E-state index in [-0.39, 0.29) is 18.3 Å². The summed E-state index contributed by atoms with van der Waals surface area (Å²) in [6, 6.07) is 20.2. The largest absolute Gasteiger partial charge is 0.495 e. The van der Waals surface area contributed by atoms with Crippen molar-refractivity contribution in [2.75, 3.05) is 19.0 Å². The Kier molecular flexibility index (Phi) is 6.36. The van der Waals surface area contributed by atoms with Crippen LogP contribution >= 0.6 is 0 Å². The fraction of sp³-hybridized carbons (Fsp3) is 0.0909. The molecule has 0 aliphatic heterocycles. The number of aliphatic imine (C=N–C) groups is 1. The van der Waals surface area contributed by atoms with Crippen LogP contribution in [0.15, 0.2) is 77.8 Å². The molecule has 0 aromatic heterocycles. The van der Waals surface area contributed by atoms with E-state index in [4.69, 9.17) is 9.47 Å². The lowest BCUT2D eigenvalue weighted by molar-refractivity contribution is -0.118. The number of amides is 1. The molecule has 3 aromatic carbocycles. The summed E-state index contributed by atoms with van der Waals surface area (Å²) in [4.78, 5) is 16.3. The number of nitrogens with one attached hydrogen (secondary N) is 1. The highest BCUT2D eigenvalue weighted by Crippen LogP contribution is 2.23. The van der Waals surface area contributed by atoms with Gasteiger partial charge in [-0.2, -0.15) is 0 Å². The Balaban J connectivity index is 1.52. The quantitative estimate of drug-likeness (QED) is 0.611. The third kappa shape index (κ3) is 5.41. The lowest BCUT2D eigenvalue weighted by Gasteiger charge is -2.10. The molecular weight excluding hydrogens is 359 g/mol. The van der Waals surface area contributed by atoms with Gasteiger partial charge in [-0.25, -0.2) is 4.39 Å². The van der Waals surface area contributed by atoms with Gasteiger partial charge in [0.15, 0.2) is 6.61 Å². The number of rotatable bonds is 7. The molecule has 0 heterocycles. The van der Waals surface area contributed by atoms with Gasteiger partial charge in [0.1, 0.15) is 17.3 Å². The number of hydrogen-bond acceptors (Lipinski definition) is 4. The summed E-state index contributed by atoms with van der Waals surface area (Å²) in [6.45, 7) is -0.124. The van der Waals surface area contributed by atoms with Crippen LogP contribution in [0.4, 0.5) is 15.8 Å². The van der Waals surface area contributed by atoms with Crippen LogP contribution in [0, 0.1) is 5.82 Å². The fourth-order valence-corrected chi connectivity index (χ4v) is 2.41. The van der Waals surface area contributed by atoms with Crippen molar-refractivity contribution in [3.05, 3.63) is 84.2 Å². The molecule has 3 rings (SSSR count). The van der Waals surface area contributed by atoms with Gasteiger partial charge in [0.25, 0.3) is 5.91 Å². The highest BCUT2D eigenvalue weighted by Gasteiger charge is 2.07. The van der Waals surface area contributed by atoms with E-state index in [0.717, 1.165) is 5.56 Å². The van der Waals surface area contributed by atoms with E-state index in [2.05, 4.69) is 10.3 Å². The number of benzene rings is 3. The summed E-state index contributed by atoms with van der Waals surface area (Å²) in [5.74, 6) is 0.566. The van der Waals surface area contributed by atoms with E-state index >= 15 is 0 Å². The van der Waals surface area contributed by atoms with Gasteiger partial charge in [0.2, 0.25) is 0 Å². The van der Waals surface area contributed by atoms with E-state index in [1.807, 2.05) is 24.3 Å². The van der Waals surface area contributed by atoms with Crippen molar-refractivity contribution in [2.45, 2.75) is 0 Å². The zero-order chi connectivity index (χ0) is 19.8.